The standard InChI is InChI=1S/C14H11BrN2OS/c15-12-9-5-4-8-11(12)13(18)17-14(19)16-10-6-2-1-3-7-10/h1-9H,(H2,16,17,18,19). The van der Waals surface area contributed by atoms with Crippen molar-refractivity contribution >= 4 is 44.9 Å². The first kappa shape index (κ1) is 13.7. The smallest absolute Gasteiger partial charge is 0.258 e. The van der Waals surface area contributed by atoms with E-state index in [4.69, 9.17) is 12.2 Å². The fourth-order valence-electron chi connectivity index (χ4n) is 1.50. The van der Waals surface area contributed by atoms with E-state index in [1.807, 2.05) is 42.5 Å². The molecule has 2 rings (SSSR count). The van der Waals surface area contributed by atoms with E-state index in [0.717, 1.165) is 10.2 Å². The van der Waals surface area contributed by atoms with Gasteiger partial charge in [0.1, 0.15) is 0 Å². The van der Waals surface area contributed by atoms with Crippen molar-refractivity contribution in [2.24, 2.45) is 0 Å². The van der Waals surface area contributed by atoms with E-state index in [1.54, 1.807) is 12.1 Å². The summed E-state index contributed by atoms with van der Waals surface area (Å²) in [5.74, 6) is -0.249. The molecule has 0 aliphatic rings. The third-order valence-corrected chi connectivity index (χ3v) is 3.27. The molecular weight excluding hydrogens is 324 g/mol. The van der Waals surface area contributed by atoms with Crippen molar-refractivity contribution in [3.8, 4) is 0 Å². The number of para-hydroxylation sites is 1. The Morgan fingerprint density at radius 2 is 1.63 bits per heavy atom. The van der Waals surface area contributed by atoms with Crippen LogP contribution in [0.1, 0.15) is 10.4 Å². The van der Waals surface area contributed by atoms with Gasteiger partial charge >= 0.3 is 0 Å². The number of rotatable bonds is 2. The first-order valence-corrected chi connectivity index (χ1v) is 6.79. The predicted molar refractivity (Wildman–Crippen MR) is 84.3 cm³/mol. The van der Waals surface area contributed by atoms with Crippen molar-refractivity contribution in [3.63, 3.8) is 0 Å². The van der Waals surface area contributed by atoms with E-state index in [9.17, 15) is 4.79 Å². The van der Waals surface area contributed by atoms with Gasteiger partial charge in [0.15, 0.2) is 5.11 Å². The fourth-order valence-corrected chi connectivity index (χ4v) is 2.18. The molecule has 0 heterocycles. The molecule has 5 heteroatoms. The Labute approximate surface area is 125 Å². The largest absolute Gasteiger partial charge is 0.332 e. The minimum Gasteiger partial charge on any atom is -0.332 e. The summed E-state index contributed by atoms with van der Waals surface area (Å²) in [6.45, 7) is 0. The van der Waals surface area contributed by atoms with Gasteiger partial charge in [-0.2, -0.15) is 0 Å². The van der Waals surface area contributed by atoms with E-state index in [0.29, 0.717) is 5.56 Å². The lowest BCUT2D eigenvalue weighted by Crippen LogP contribution is -2.34. The third-order valence-electron chi connectivity index (χ3n) is 2.38. The second-order valence-corrected chi connectivity index (χ2v) is 5.02. The molecule has 0 fully saturated rings. The minimum atomic E-state index is -0.249. The molecule has 0 atom stereocenters. The molecular formula is C14H11BrN2OS. The summed E-state index contributed by atoms with van der Waals surface area (Å²) in [6.07, 6.45) is 0. The van der Waals surface area contributed by atoms with Crippen molar-refractivity contribution in [2.45, 2.75) is 0 Å². The molecule has 3 nitrogen and oxygen atoms in total. The van der Waals surface area contributed by atoms with E-state index in [1.165, 1.54) is 0 Å². The number of thiocarbonyl (C=S) groups is 1. The molecule has 0 aliphatic heterocycles. The number of nitrogens with one attached hydrogen (secondary N) is 2. The van der Waals surface area contributed by atoms with Gasteiger partial charge in [0.25, 0.3) is 5.91 Å². The SMILES string of the molecule is O=C(NC(=S)Nc1ccccc1)c1ccccc1Br. The molecule has 0 radical (unpaired) electrons. The average molecular weight is 335 g/mol. The predicted octanol–water partition coefficient (Wildman–Crippen LogP) is 3.58. The molecule has 2 aromatic rings. The van der Waals surface area contributed by atoms with Gasteiger partial charge in [-0.3, -0.25) is 10.1 Å². The van der Waals surface area contributed by atoms with Gasteiger partial charge in [-0.05, 0) is 52.4 Å². The summed E-state index contributed by atoms with van der Waals surface area (Å²) in [5.41, 5.74) is 1.37. The van der Waals surface area contributed by atoms with Gasteiger partial charge in [0.2, 0.25) is 0 Å². The second-order valence-electron chi connectivity index (χ2n) is 3.75. The highest BCUT2D eigenvalue weighted by molar-refractivity contribution is 9.10. The number of hydrogen-bond donors (Lipinski definition) is 2. The zero-order valence-electron chi connectivity index (χ0n) is 9.89. The quantitative estimate of drug-likeness (QED) is 0.825. The van der Waals surface area contributed by atoms with Crippen molar-refractivity contribution in [2.75, 3.05) is 5.32 Å². The van der Waals surface area contributed by atoms with Crippen LogP contribution in [-0.4, -0.2) is 11.0 Å². The molecule has 0 saturated heterocycles. The molecule has 0 aliphatic carbocycles. The van der Waals surface area contributed by atoms with Crippen molar-refractivity contribution < 1.29 is 4.79 Å². The van der Waals surface area contributed by atoms with E-state index >= 15 is 0 Å². The van der Waals surface area contributed by atoms with Crippen LogP contribution in [0.4, 0.5) is 5.69 Å². The van der Waals surface area contributed by atoms with Crippen LogP contribution in [0, 0.1) is 0 Å². The van der Waals surface area contributed by atoms with Crippen molar-refractivity contribution in [3.05, 3.63) is 64.6 Å². The molecule has 0 aromatic heterocycles. The second kappa shape index (κ2) is 6.45. The summed E-state index contributed by atoms with van der Waals surface area (Å²) in [5, 5.41) is 5.85. The summed E-state index contributed by atoms with van der Waals surface area (Å²) < 4.78 is 0.731. The number of benzene rings is 2. The third kappa shape index (κ3) is 3.87. The van der Waals surface area contributed by atoms with Crippen LogP contribution in [0.3, 0.4) is 0 Å². The van der Waals surface area contributed by atoms with E-state index < -0.39 is 0 Å². The molecule has 0 bridgehead atoms. The van der Waals surface area contributed by atoms with Gasteiger partial charge in [-0.1, -0.05) is 30.3 Å². The Kier molecular flexibility index (Phi) is 4.65. The summed E-state index contributed by atoms with van der Waals surface area (Å²) in [4.78, 5) is 12.0. The fraction of sp³-hybridized carbons (Fsp3) is 0. The lowest BCUT2D eigenvalue weighted by Gasteiger charge is -2.10. The Hall–Kier alpha value is -1.72. The highest BCUT2D eigenvalue weighted by Crippen LogP contribution is 2.15. The molecule has 1 amide bonds. The molecule has 2 aromatic carbocycles. The molecule has 0 saturated carbocycles. The van der Waals surface area contributed by atoms with Crippen LogP contribution in [0.2, 0.25) is 0 Å². The molecule has 0 unspecified atom stereocenters. The number of carbonyl (C=O) groups excluding carboxylic acids is 1. The summed E-state index contributed by atoms with van der Waals surface area (Å²) in [7, 11) is 0. The lowest BCUT2D eigenvalue weighted by molar-refractivity contribution is 0.0977. The zero-order chi connectivity index (χ0) is 13.7. The molecule has 0 spiro atoms. The maximum Gasteiger partial charge on any atom is 0.258 e. The maximum absolute atomic E-state index is 12.0. The molecule has 2 N–H and O–H groups in total. The number of hydrogen-bond acceptors (Lipinski definition) is 2. The Bertz CT molecular complexity index is 601. The normalized spacial score (nSPS) is 9.74. The number of amides is 1. The van der Waals surface area contributed by atoms with E-state index in [-0.39, 0.29) is 11.0 Å². The number of halogens is 1. The maximum atomic E-state index is 12.0. The van der Waals surface area contributed by atoms with Crippen LogP contribution in [0.15, 0.2) is 59.1 Å². The van der Waals surface area contributed by atoms with Crippen LogP contribution in [0.5, 0.6) is 0 Å². The Balaban J connectivity index is 2.00. The zero-order valence-corrected chi connectivity index (χ0v) is 12.3. The van der Waals surface area contributed by atoms with Gasteiger partial charge < -0.3 is 5.32 Å². The van der Waals surface area contributed by atoms with Gasteiger partial charge in [0, 0.05) is 10.2 Å². The highest BCUT2D eigenvalue weighted by Gasteiger charge is 2.10. The lowest BCUT2D eigenvalue weighted by atomic mass is 10.2. The highest BCUT2D eigenvalue weighted by atomic mass is 79.9. The first-order chi connectivity index (χ1) is 9.16. The average Bonchev–Trinajstić information content (AvgIpc) is 2.40. The first-order valence-electron chi connectivity index (χ1n) is 5.59. The van der Waals surface area contributed by atoms with Gasteiger partial charge in [-0.15, -0.1) is 0 Å². The summed E-state index contributed by atoms with van der Waals surface area (Å²) in [6, 6.07) is 16.6. The summed E-state index contributed by atoms with van der Waals surface area (Å²) >= 11 is 8.43. The monoisotopic (exact) mass is 334 g/mol. The van der Waals surface area contributed by atoms with Crippen molar-refractivity contribution in [1.29, 1.82) is 0 Å². The van der Waals surface area contributed by atoms with Crippen LogP contribution in [-0.2, 0) is 0 Å². The molecule has 19 heavy (non-hydrogen) atoms. The van der Waals surface area contributed by atoms with Crippen LogP contribution >= 0.6 is 28.1 Å². The topological polar surface area (TPSA) is 41.1 Å². The van der Waals surface area contributed by atoms with Crippen LogP contribution in [0.25, 0.3) is 0 Å². The van der Waals surface area contributed by atoms with Gasteiger partial charge in [-0.25, -0.2) is 0 Å². The number of anilines is 1. The molecule has 96 valence electrons. The minimum absolute atomic E-state index is 0.249. The van der Waals surface area contributed by atoms with E-state index in [2.05, 4.69) is 26.6 Å². The van der Waals surface area contributed by atoms with Crippen molar-refractivity contribution in [1.82, 2.24) is 5.32 Å². The Morgan fingerprint density at radius 3 is 2.32 bits per heavy atom. The Morgan fingerprint density at radius 1 is 1.00 bits per heavy atom. The van der Waals surface area contributed by atoms with Crippen LogP contribution < -0.4 is 10.6 Å². The van der Waals surface area contributed by atoms with Gasteiger partial charge in [0.05, 0.1) is 5.56 Å². The number of carbonyl (C=O) groups is 1.